The van der Waals surface area contributed by atoms with Gasteiger partial charge in [0.05, 0.1) is 0 Å². The van der Waals surface area contributed by atoms with Crippen LogP contribution in [0.25, 0.3) is 0 Å². The van der Waals surface area contributed by atoms with Crippen molar-refractivity contribution in [2.45, 2.75) is 53.9 Å². The van der Waals surface area contributed by atoms with Gasteiger partial charge in [-0.25, -0.2) is 0 Å². The Morgan fingerprint density at radius 1 is 0.517 bits per heavy atom. The van der Waals surface area contributed by atoms with Gasteiger partial charge in [-0.05, 0) is 98.0 Å². The van der Waals surface area contributed by atoms with Crippen LogP contribution in [-0.4, -0.2) is 15.3 Å². The molecule has 0 heterocycles. The lowest BCUT2D eigenvalue weighted by Gasteiger charge is -2.22. The number of phenolic OH excluding ortho intramolecular Hbond substituents is 3. The van der Waals surface area contributed by atoms with Gasteiger partial charge in [0.15, 0.2) is 0 Å². The molecule has 0 aliphatic rings. The Labute approximate surface area is 173 Å². The molecule has 3 heteroatoms. The molecule has 0 bridgehead atoms. The molecule has 0 aliphatic carbocycles. The topological polar surface area (TPSA) is 60.7 Å². The number of benzene rings is 3. The van der Waals surface area contributed by atoms with Crippen LogP contribution in [0.1, 0.15) is 56.0 Å². The second kappa shape index (κ2) is 7.82. The number of hydrogen-bond donors (Lipinski definition) is 3. The molecule has 0 fully saturated rings. The van der Waals surface area contributed by atoms with Gasteiger partial charge in [-0.3, -0.25) is 0 Å². The van der Waals surface area contributed by atoms with Gasteiger partial charge in [-0.1, -0.05) is 36.4 Å². The Bertz CT molecular complexity index is 953. The van der Waals surface area contributed by atoms with Gasteiger partial charge in [0.2, 0.25) is 0 Å². The van der Waals surface area contributed by atoms with E-state index in [0.29, 0.717) is 17.2 Å². The molecule has 3 N–H and O–H groups in total. The minimum atomic E-state index is 0.0642. The molecule has 0 spiro atoms. The van der Waals surface area contributed by atoms with Gasteiger partial charge < -0.3 is 15.3 Å². The fourth-order valence-electron chi connectivity index (χ4n) is 4.21. The number of aryl methyl sites for hydroxylation is 6. The smallest absolute Gasteiger partial charge is 0.121 e. The van der Waals surface area contributed by atoms with E-state index in [1.54, 1.807) is 0 Å². The van der Waals surface area contributed by atoms with Crippen molar-refractivity contribution in [2.75, 3.05) is 0 Å². The molecule has 152 valence electrons. The van der Waals surface area contributed by atoms with Crippen LogP contribution < -0.4 is 0 Å². The SMILES string of the molecule is Cc1cc(CC(c2cc(C)c(O)c(C)c2)c2cc(C)c(O)c(C)c2)cc(C)c1O. The zero-order valence-corrected chi connectivity index (χ0v) is 18.1. The lowest BCUT2D eigenvalue weighted by Crippen LogP contribution is -2.08. The van der Waals surface area contributed by atoms with Crippen LogP contribution in [0.4, 0.5) is 0 Å². The van der Waals surface area contributed by atoms with E-state index in [9.17, 15) is 15.3 Å². The maximum absolute atomic E-state index is 10.2. The van der Waals surface area contributed by atoms with E-state index in [4.69, 9.17) is 0 Å². The first-order valence-electron chi connectivity index (χ1n) is 9.97. The summed E-state index contributed by atoms with van der Waals surface area (Å²) in [5.74, 6) is 1.08. The van der Waals surface area contributed by atoms with Gasteiger partial charge in [0, 0.05) is 5.92 Å². The first-order chi connectivity index (χ1) is 13.6. The average Bonchev–Trinajstić information content (AvgIpc) is 2.65. The number of hydrogen-bond acceptors (Lipinski definition) is 3. The molecule has 0 amide bonds. The first kappa shape index (κ1) is 20.8. The van der Waals surface area contributed by atoms with Crippen molar-refractivity contribution in [3.63, 3.8) is 0 Å². The lowest BCUT2D eigenvalue weighted by molar-refractivity contribution is 0.465. The number of phenols is 3. The molecular weight excluding hydrogens is 360 g/mol. The van der Waals surface area contributed by atoms with Crippen molar-refractivity contribution in [2.24, 2.45) is 0 Å². The summed E-state index contributed by atoms with van der Waals surface area (Å²) in [6, 6.07) is 12.3. The van der Waals surface area contributed by atoms with Crippen molar-refractivity contribution >= 4 is 0 Å². The van der Waals surface area contributed by atoms with Crippen LogP contribution in [0.2, 0.25) is 0 Å². The van der Waals surface area contributed by atoms with E-state index in [-0.39, 0.29) is 5.92 Å². The third kappa shape index (κ3) is 4.09. The van der Waals surface area contributed by atoms with Crippen molar-refractivity contribution < 1.29 is 15.3 Å². The summed E-state index contributed by atoms with van der Waals surface area (Å²) < 4.78 is 0. The summed E-state index contributed by atoms with van der Waals surface area (Å²) in [7, 11) is 0. The summed E-state index contributed by atoms with van der Waals surface area (Å²) in [5.41, 5.74) is 8.58. The zero-order chi connectivity index (χ0) is 21.5. The monoisotopic (exact) mass is 390 g/mol. The van der Waals surface area contributed by atoms with E-state index in [0.717, 1.165) is 56.5 Å². The van der Waals surface area contributed by atoms with Gasteiger partial charge in [-0.15, -0.1) is 0 Å². The van der Waals surface area contributed by atoms with E-state index >= 15 is 0 Å². The van der Waals surface area contributed by atoms with Gasteiger partial charge in [0.1, 0.15) is 17.2 Å². The van der Waals surface area contributed by atoms with Crippen LogP contribution in [0.5, 0.6) is 17.2 Å². The van der Waals surface area contributed by atoms with E-state index in [1.807, 2.05) is 77.9 Å². The van der Waals surface area contributed by atoms with E-state index in [1.165, 1.54) is 0 Å². The maximum atomic E-state index is 10.2. The molecule has 3 nitrogen and oxygen atoms in total. The largest absolute Gasteiger partial charge is 0.507 e. The summed E-state index contributed by atoms with van der Waals surface area (Å²) >= 11 is 0. The Morgan fingerprint density at radius 2 is 0.793 bits per heavy atom. The predicted molar refractivity (Wildman–Crippen MR) is 118 cm³/mol. The molecule has 0 atom stereocenters. The second-order valence-electron chi connectivity index (χ2n) is 8.34. The molecule has 0 saturated heterocycles. The summed E-state index contributed by atoms with van der Waals surface area (Å²) in [4.78, 5) is 0. The lowest BCUT2D eigenvalue weighted by atomic mass is 9.82. The Morgan fingerprint density at radius 3 is 1.10 bits per heavy atom. The highest BCUT2D eigenvalue weighted by Crippen LogP contribution is 2.37. The normalized spacial score (nSPS) is 11.3. The first-order valence-corrected chi connectivity index (χ1v) is 9.97. The molecule has 29 heavy (non-hydrogen) atoms. The fraction of sp³-hybridized carbons (Fsp3) is 0.308. The summed E-state index contributed by atoms with van der Waals surface area (Å²) in [6.07, 6.45) is 0.759. The summed E-state index contributed by atoms with van der Waals surface area (Å²) in [5, 5.41) is 30.6. The fourth-order valence-corrected chi connectivity index (χ4v) is 4.21. The number of aromatic hydroxyl groups is 3. The van der Waals surface area contributed by atoms with Crippen LogP contribution in [0.3, 0.4) is 0 Å². The van der Waals surface area contributed by atoms with Crippen molar-refractivity contribution in [3.05, 3.63) is 86.5 Å². The van der Waals surface area contributed by atoms with Gasteiger partial charge in [0.25, 0.3) is 0 Å². The van der Waals surface area contributed by atoms with Crippen molar-refractivity contribution in [1.82, 2.24) is 0 Å². The van der Waals surface area contributed by atoms with Crippen LogP contribution in [-0.2, 0) is 6.42 Å². The third-order valence-electron chi connectivity index (χ3n) is 5.82. The molecule has 3 rings (SSSR count). The highest BCUT2D eigenvalue weighted by molar-refractivity contribution is 5.50. The Hall–Kier alpha value is -2.94. The minimum Gasteiger partial charge on any atom is -0.507 e. The standard InChI is InChI=1S/C26H30O3/c1-14-7-20(8-15(2)24(14)27)13-23(21-9-16(3)25(28)17(4)10-21)22-11-18(5)26(29)19(6)12-22/h7-12,23,27-29H,13H2,1-6H3. The maximum Gasteiger partial charge on any atom is 0.121 e. The summed E-state index contributed by atoms with van der Waals surface area (Å²) in [6.45, 7) is 11.5. The molecule has 0 aliphatic heterocycles. The predicted octanol–water partition coefficient (Wildman–Crippen LogP) is 6.03. The quantitative estimate of drug-likeness (QED) is 0.510. The van der Waals surface area contributed by atoms with Gasteiger partial charge in [-0.2, -0.15) is 0 Å². The van der Waals surface area contributed by atoms with E-state index in [2.05, 4.69) is 0 Å². The van der Waals surface area contributed by atoms with Crippen molar-refractivity contribution in [1.29, 1.82) is 0 Å². The molecular formula is C26H30O3. The minimum absolute atomic E-state index is 0.0642. The molecule has 3 aromatic rings. The highest BCUT2D eigenvalue weighted by Gasteiger charge is 2.20. The third-order valence-corrected chi connectivity index (χ3v) is 5.82. The molecule has 0 saturated carbocycles. The molecule has 0 unspecified atom stereocenters. The second-order valence-corrected chi connectivity index (χ2v) is 8.34. The average molecular weight is 391 g/mol. The van der Waals surface area contributed by atoms with Gasteiger partial charge >= 0.3 is 0 Å². The van der Waals surface area contributed by atoms with E-state index < -0.39 is 0 Å². The number of rotatable bonds is 4. The zero-order valence-electron chi connectivity index (χ0n) is 18.1. The molecule has 0 aromatic heterocycles. The van der Waals surface area contributed by atoms with Crippen LogP contribution in [0.15, 0.2) is 36.4 Å². The Kier molecular flexibility index (Phi) is 5.61. The Balaban J connectivity index is 2.17. The van der Waals surface area contributed by atoms with Crippen LogP contribution in [0, 0.1) is 41.5 Å². The van der Waals surface area contributed by atoms with Crippen LogP contribution >= 0.6 is 0 Å². The molecule has 3 aromatic carbocycles. The molecule has 0 radical (unpaired) electrons. The highest BCUT2D eigenvalue weighted by atomic mass is 16.3. The van der Waals surface area contributed by atoms with Crippen molar-refractivity contribution in [3.8, 4) is 17.2 Å².